The van der Waals surface area contributed by atoms with Gasteiger partial charge in [-0.15, -0.1) is 10.2 Å². The first-order chi connectivity index (χ1) is 9.25. The van der Waals surface area contributed by atoms with E-state index >= 15 is 0 Å². The lowest BCUT2D eigenvalue weighted by molar-refractivity contribution is 0.322. The van der Waals surface area contributed by atoms with Gasteiger partial charge in [0.25, 0.3) is 0 Å². The van der Waals surface area contributed by atoms with Gasteiger partial charge < -0.3 is 10.2 Å². The summed E-state index contributed by atoms with van der Waals surface area (Å²) in [4.78, 5) is 2.39. The molecule has 3 rings (SSSR count). The van der Waals surface area contributed by atoms with Crippen LogP contribution in [0.15, 0.2) is 24.3 Å². The number of likely N-dealkylation sites (N-methyl/N-ethyl adjacent to an activating group) is 1. The van der Waals surface area contributed by atoms with Crippen molar-refractivity contribution in [2.75, 3.05) is 25.5 Å². The van der Waals surface area contributed by atoms with Crippen molar-refractivity contribution in [3.8, 4) is 0 Å². The molecule has 100 valence electrons. The smallest absolute Gasteiger partial charge is 0.159 e. The molecule has 0 aliphatic carbocycles. The second kappa shape index (κ2) is 5.31. The molecule has 1 saturated heterocycles. The van der Waals surface area contributed by atoms with Gasteiger partial charge in [-0.2, -0.15) is 0 Å². The van der Waals surface area contributed by atoms with Crippen LogP contribution in [0.5, 0.6) is 0 Å². The number of hydrogen-bond donors (Lipinski definition) is 1. The highest BCUT2D eigenvalue weighted by Gasteiger charge is 2.20. The minimum atomic E-state index is 0.458. The first kappa shape index (κ1) is 12.6. The maximum atomic E-state index is 6.07. The van der Waals surface area contributed by atoms with Crippen LogP contribution < -0.4 is 5.32 Å². The van der Waals surface area contributed by atoms with E-state index < -0.39 is 0 Å². The van der Waals surface area contributed by atoms with Crippen molar-refractivity contribution in [2.24, 2.45) is 0 Å². The molecule has 0 amide bonds. The van der Waals surface area contributed by atoms with E-state index in [2.05, 4.69) is 27.5 Å². The molecule has 1 unspecified atom stereocenters. The zero-order chi connectivity index (χ0) is 13.2. The molecule has 1 fully saturated rings. The Morgan fingerprint density at radius 1 is 1.32 bits per heavy atom. The maximum Gasteiger partial charge on any atom is 0.159 e. The molecular formula is C14H17ClN4. The third-order valence-electron chi connectivity index (χ3n) is 3.82. The van der Waals surface area contributed by atoms with Crippen LogP contribution in [-0.4, -0.2) is 41.3 Å². The highest BCUT2D eigenvalue weighted by molar-refractivity contribution is 6.34. The van der Waals surface area contributed by atoms with E-state index in [1.54, 1.807) is 0 Å². The zero-order valence-corrected chi connectivity index (χ0v) is 11.7. The number of halogens is 1. The van der Waals surface area contributed by atoms with Crippen molar-refractivity contribution < 1.29 is 0 Å². The molecule has 4 nitrogen and oxygen atoms in total. The maximum absolute atomic E-state index is 6.07. The molecular weight excluding hydrogens is 260 g/mol. The second-order valence-electron chi connectivity index (χ2n) is 5.04. The summed E-state index contributed by atoms with van der Waals surface area (Å²) >= 11 is 6.07. The predicted octanol–water partition coefficient (Wildman–Crippen LogP) is 2.79. The molecule has 0 radical (unpaired) electrons. The first-order valence-corrected chi connectivity index (χ1v) is 6.98. The molecule has 1 aliphatic heterocycles. The summed E-state index contributed by atoms with van der Waals surface area (Å²) in [6.07, 6.45) is 2.51. The molecule has 2 heterocycles. The molecule has 1 aromatic carbocycles. The summed E-state index contributed by atoms with van der Waals surface area (Å²) in [7, 11) is 2.17. The van der Waals surface area contributed by atoms with Crippen LogP contribution >= 0.6 is 11.6 Å². The Kier molecular flexibility index (Phi) is 3.53. The van der Waals surface area contributed by atoms with Crippen LogP contribution in [0.3, 0.4) is 0 Å². The molecule has 2 aromatic rings. The van der Waals surface area contributed by atoms with Crippen LogP contribution in [-0.2, 0) is 0 Å². The average Bonchev–Trinajstić information content (AvgIpc) is 2.84. The number of likely N-dealkylation sites (tertiary alicyclic amines) is 1. The van der Waals surface area contributed by atoms with E-state index in [1.165, 1.54) is 19.4 Å². The van der Waals surface area contributed by atoms with Crippen molar-refractivity contribution in [3.05, 3.63) is 29.4 Å². The topological polar surface area (TPSA) is 41.0 Å². The van der Waals surface area contributed by atoms with Crippen LogP contribution in [0.4, 0.5) is 5.82 Å². The lowest BCUT2D eigenvalue weighted by atomic mass is 10.2. The molecule has 1 aliphatic rings. The summed E-state index contributed by atoms with van der Waals surface area (Å²) in [5.74, 6) is 0.820. The zero-order valence-electron chi connectivity index (χ0n) is 10.9. The fraction of sp³-hybridized carbons (Fsp3) is 0.429. The summed E-state index contributed by atoms with van der Waals surface area (Å²) in [6.45, 7) is 2.08. The van der Waals surface area contributed by atoms with Gasteiger partial charge in [-0.05, 0) is 26.4 Å². The summed E-state index contributed by atoms with van der Waals surface area (Å²) in [5.41, 5.74) is 0. The number of nitrogens with one attached hydrogen (secondary N) is 1. The largest absolute Gasteiger partial charge is 0.366 e. The van der Waals surface area contributed by atoms with Gasteiger partial charge in [-0.1, -0.05) is 35.9 Å². The third kappa shape index (κ3) is 2.51. The number of benzene rings is 1. The monoisotopic (exact) mass is 276 g/mol. The number of fused-ring (bicyclic) bond motifs is 1. The van der Waals surface area contributed by atoms with Gasteiger partial charge in [-0.25, -0.2) is 0 Å². The van der Waals surface area contributed by atoms with Crippen molar-refractivity contribution >= 4 is 28.2 Å². The number of aromatic nitrogens is 2. The third-order valence-corrected chi connectivity index (χ3v) is 4.10. The number of anilines is 1. The minimum absolute atomic E-state index is 0.458. The quantitative estimate of drug-likeness (QED) is 0.936. The Balaban J connectivity index is 1.83. The Morgan fingerprint density at radius 3 is 2.84 bits per heavy atom. The average molecular weight is 277 g/mol. The van der Waals surface area contributed by atoms with E-state index in [0.717, 1.165) is 23.1 Å². The first-order valence-electron chi connectivity index (χ1n) is 6.61. The van der Waals surface area contributed by atoms with Crippen molar-refractivity contribution in [3.63, 3.8) is 0 Å². The number of nitrogens with zero attached hydrogens (tertiary/aromatic N) is 3. The van der Waals surface area contributed by atoms with E-state index in [-0.39, 0.29) is 0 Å². The van der Waals surface area contributed by atoms with Gasteiger partial charge >= 0.3 is 0 Å². The van der Waals surface area contributed by atoms with Crippen LogP contribution in [0.2, 0.25) is 5.15 Å². The van der Waals surface area contributed by atoms with Gasteiger partial charge in [0.05, 0.1) is 0 Å². The lowest BCUT2D eigenvalue weighted by Crippen LogP contribution is -2.31. The van der Waals surface area contributed by atoms with Crippen LogP contribution in [0.1, 0.15) is 12.8 Å². The molecule has 1 atom stereocenters. The molecule has 0 spiro atoms. The predicted molar refractivity (Wildman–Crippen MR) is 78.7 cm³/mol. The highest BCUT2D eigenvalue weighted by Crippen LogP contribution is 2.26. The minimum Gasteiger partial charge on any atom is -0.366 e. The van der Waals surface area contributed by atoms with Crippen LogP contribution in [0.25, 0.3) is 10.8 Å². The van der Waals surface area contributed by atoms with E-state index in [9.17, 15) is 0 Å². The number of rotatable bonds is 3. The van der Waals surface area contributed by atoms with Gasteiger partial charge in [0.1, 0.15) is 0 Å². The Morgan fingerprint density at radius 2 is 2.11 bits per heavy atom. The Hall–Kier alpha value is -1.39. The van der Waals surface area contributed by atoms with Gasteiger partial charge in [0, 0.05) is 23.4 Å². The normalized spacial score (nSPS) is 20.0. The Bertz CT molecular complexity index is 587. The van der Waals surface area contributed by atoms with Crippen molar-refractivity contribution in [1.29, 1.82) is 0 Å². The molecule has 1 aromatic heterocycles. The number of hydrogen-bond acceptors (Lipinski definition) is 4. The van der Waals surface area contributed by atoms with Gasteiger partial charge in [0.15, 0.2) is 11.0 Å². The summed E-state index contributed by atoms with van der Waals surface area (Å²) in [5, 5.41) is 14.0. The van der Waals surface area contributed by atoms with E-state index in [0.29, 0.717) is 11.2 Å². The molecule has 0 saturated carbocycles. The highest BCUT2D eigenvalue weighted by atomic mass is 35.5. The fourth-order valence-corrected chi connectivity index (χ4v) is 2.86. The van der Waals surface area contributed by atoms with E-state index in [1.807, 2.05) is 24.3 Å². The van der Waals surface area contributed by atoms with E-state index in [4.69, 9.17) is 11.6 Å². The van der Waals surface area contributed by atoms with Gasteiger partial charge in [-0.3, -0.25) is 0 Å². The molecule has 1 N–H and O–H groups in total. The van der Waals surface area contributed by atoms with Crippen molar-refractivity contribution in [2.45, 2.75) is 18.9 Å². The fourth-order valence-electron chi connectivity index (χ4n) is 2.65. The Labute approximate surface area is 117 Å². The molecule has 0 bridgehead atoms. The summed E-state index contributed by atoms with van der Waals surface area (Å²) in [6, 6.07) is 8.53. The standard InChI is InChI=1S/C14H17ClN4/c1-19-8-4-5-10(19)9-16-14-12-7-3-2-6-11(12)13(15)17-18-14/h2-3,6-7,10H,4-5,8-9H2,1H3,(H,16,18). The second-order valence-corrected chi connectivity index (χ2v) is 5.40. The van der Waals surface area contributed by atoms with Gasteiger partial charge in [0.2, 0.25) is 0 Å². The molecule has 5 heteroatoms. The van der Waals surface area contributed by atoms with Crippen LogP contribution in [0, 0.1) is 0 Å². The molecule has 19 heavy (non-hydrogen) atoms. The van der Waals surface area contributed by atoms with Crippen molar-refractivity contribution in [1.82, 2.24) is 15.1 Å². The summed E-state index contributed by atoms with van der Waals surface area (Å²) < 4.78 is 0. The SMILES string of the molecule is CN1CCCC1CNc1nnc(Cl)c2ccccc12. The lowest BCUT2D eigenvalue weighted by Gasteiger charge is -2.20.